The lowest BCUT2D eigenvalue weighted by Crippen LogP contribution is -2.58. The predicted octanol–water partition coefficient (Wildman–Crippen LogP) is -4.15. The van der Waals surface area contributed by atoms with Gasteiger partial charge >= 0.3 is 5.97 Å². The maximum absolute atomic E-state index is 12.5. The van der Waals surface area contributed by atoms with Crippen molar-refractivity contribution in [2.75, 3.05) is 18.8 Å². The summed E-state index contributed by atoms with van der Waals surface area (Å²) < 4.78 is 0. The molecule has 0 aliphatic heterocycles. The molecule has 0 rings (SSSR count). The number of amides is 3. The number of carbonyl (C=O) groups excluding carboxylic acids is 3. The number of carboxylic acids is 1. The van der Waals surface area contributed by atoms with Crippen LogP contribution in [-0.4, -0.2) is 82.9 Å². The van der Waals surface area contributed by atoms with Crippen molar-refractivity contribution < 1.29 is 29.4 Å². The van der Waals surface area contributed by atoms with E-state index in [1.807, 2.05) is 0 Å². The summed E-state index contributed by atoms with van der Waals surface area (Å²) in [4.78, 5) is 51.0. The molecule has 4 unspecified atom stereocenters. The smallest absolute Gasteiger partial charge is 0.322 e. The van der Waals surface area contributed by atoms with Crippen LogP contribution in [0, 0.1) is 0 Å². The second kappa shape index (κ2) is 13.6. The molecule has 14 heteroatoms. The van der Waals surface area contributed by atoms with Crippen LogP contribution >= 0.6 is 12.6 Å². The van der Waals surface area contributed by atoms with Gasteiger partial charge in [-0.05, 0) is 19.8 Å². The van der Waals surface area contributed by atoms with E-state index in [2.05, 4.69) is 33.6 Å². The summed E-state index contributed by atoms with van der Waals surface area (Å²) in [6, 6.07) is -3.48. The molecule has 0 aromatic rings. The van der Waals surface area contributed by atoms with Gasteiger partial charge in [0, 0.05) is 12.3 Å². The zero-order valence-electron chi connectivity index (χ0n) is 16.0. The largest absolute Gasteiger partial charge is 0.480 e. The van der Waals surface area contributed by atoms with Crippen LogP contribution in [0.15, 0.2) is 4.99 Å². The van der Waals surface area contributed by atoms with E-state index in [1.54, 1.807) is 0 Å². The maximum atomic E-state index is 12.5. The van der Waals surface area contributed by atoms with E-state index in [9.17, 15) is 24.3 Å². The van der Waals surface area contributed by atoms with Crippen LogP contribution in [0.5, 0.6) is 0 Å². The van der Waals surface area contributed by atoms with Gasteiger partial charge in [-0.1, -0.05) is 0 Å². The number of aliphatic hydroxyl groups excluding tert-OH is 1. The number of thiol groups is 1. The molecule has 0 saturated carbocycles. The Kier molecular flexibility index (Phi) is 12.4. The number of carbonyl (C=O) groups is 4. The fourth-order valence-corrected chi connectivity index (χ4v) is 2.27. The highest BCUT2D eigenvalue weighted by Crippen LogP contribution is 2.01. The monoisotopic (exact) mass is 435 g/mol. The topological polar surface area (TPSA) is 235 Å². The van der Waals surface area contributed by atoms with Crippen LogP contribution in [-0.2, 0) is 19.2 Å². The van der Waals surface area contributed by atoms with Gasteiger partial charge in [-0.3, -0.25) is 24.2 Å². The van der Waals surface area contributed by atoms with Crippen LogP contribution in [0.1, 0.15) is 19.8 Å². The number of nitrogens with zero attached hydrogens (tertiary/aromatic N) is 1. The molecule has 0 radical (unpaired) electrons. The molecule has 4 atom stereocenters. The first-order chi connectivity index (χ1) is 13.5. The summed E-state index contributed by atoms with van der Waals surface area (Å²) in [5, 5.41) is 25.0. The van der Waals surface area contributed by atoms with E-state index in [4.69, 9.17) is 22.3 Å². The molecule has 0 aliphatic carbocycles. The molecule has 0 aliphatic rings. The molecule has 11 N–H and O–H groups in total. The van der Waals surface area contributed by atoms with Gasteiger partial charge in [0.05, 0.1) is 6.10 Å². The summed E-state index contributed by atoms with van der Waals surface area (Å²) >= 11 is 4.00. The van der Waals surface area contributed by atoms with E-state index in [1.165, 1.54) is 6.92 Å². The number of aliphatic hydroxyl groups is 1. The minimum atomic E-state index is -1.25. The number of hydrogen-bond acceptors (Lipinski definition) is 8. The third kappa shape index (κ3) is 11.1. The van der Waals surface area contributed by atoms with E-state index < -0.39 is 54.5 Å². The number of guanidine groups is 1. The number of aliphatic carboxylic acids is 1. The zero-order valence-corrected chi connectivity index (χ0v) is 16.9. The average molecular weight is 436 g/mol. The Hall–Kier alpha value is -2.58. The Balaban J connectivity index is 5.06. The molecule has 0 heterocycles. The van der Waals surface area contributed by atoms with Gasteiger partial charge in [-0.2, -0.15) is 12.6 Å². The average Bonchev–Trinajstić information content (AvgIpc) is 2.64. The predicted molar refractivity (Wildman–Crippen MR) is 108 cm³/mol. The fraction of sp³-hybridized carbons (Fsp3) is 0.667. The Morgan fingerprint density at radius 3 is 2.14 bits per heavy atom. The molecule has 0 saturated heterocycles. The van der Waals surface area contributed by atoms with E-state index >= 15 is 0 Å². The second-order valence-electron chi connectivity index (χ2n) is 6.13. The number of carboxylic acid groups (broad SMARTS) is 1. The van der Waals surface area contributed by atoms with E-state index in [0.717, 1.165) is 0 Å². The van der Waals surface area contributed by atoms with Crippen molar-refractivity contribution in [1.29, 1.82) is 0 Å². The van der Waals surface area contributed by atoms with Gasteiger partial charge in [-0.25, -0.2) is 0 Å². The summed E-state index contributed by atoms with van der Waals surface area (Å²) in [6.07, 6.45) is -0.716. The maximum Gasteiger partial charge on any atom is 0.322 e. The third-order valence-corrected chi connectivity index (χ3v) is 4.00. The highest BCUT2D eigenvalue weighted by Gasteiger charge is 2.28. The lowest BCUT2D eigenvalue weighted by atomic mass is 10.1. The lowest BCUT2D eigenvalue weighted by molar-refractivity contribution is -0.138. The van der Waals surface area contributed by atoms with E-state index in [0.29, 0.717) is 6.42 Å². The van der Waals surface area contributed by atoms with Crippen LogP contribution in [0.25, 0.3) is 0 Å². The summed E-state index contributed by atoms with van der Waals surface area (Å²) in [7, 11) is 0. The number of nitrogens with one attached hydrogen (secondary N) is 3. The third-order valence-electron chi connectivity index (χ3n) is 3.63. The molecule has 0 fully saturated rings. The molecular formula is C15H29N7O6S. The van der Waals surface area contributed by atoms with Crippen LogP contribution in [0.4, 0.5) is 0 Å². The Morgan fingerprint density at radius 2 is 1.66 bits per heavy atom. The number of aliphatic imine (C=N–C) groups is 1. The summed E-state index contributed by atoms with van der Waals surface area (Å²) in [5.74, 6) is -3.72. The van der Waals surface area contributed by atoms with Gasteiger partial charge in [0.25, 0.3) is 0 Å². The van der Waals surface area contributed by atoms with Crippen molar-refractivity contribution in [1.82, 2.24) is 16.0 Å². The highest BCUT2D eigenvalue weighted by molar-refractivity contribution is 7.80. The minimum Gasteiger partial charge on any atom is -0.480 e. The van der Waals surface area contributed by atoms with Gasteiger partial charge in [0.2, 0.25) is 17.7 Å². The SMILES string of the molecule is CC(O)C(N)C(=O)NC(CS)C(=O)NC(CCCN=C(N)N)C(=O)NCC(=O)O. The molecule has 0 aromatic heterocycles. The van der Waals surface area contributed by atoms with E-state index in [-0.39, 0.29) is 24.7 Å². The normalized spacial score (nSPS) is 14.6. The fourth-order valence-electron chi connectivity index (χ4n) is 2.01. The molecule has 3 amide bonds. The minimum absolute atomic E-state index is 0.106. The van der Waals surface area contributed by atoms with Crippen molar-refractivity contribution in [3.8, 4) is 0 Å². The lowest BCUT2D eigenvalue weighted by Gasteiger charge is -2.23. The van der Waals surface area contributed by atoms with Crippen LogP contribution in [0.2, 0.25) is 0 Å². The second-order valence-corrected chi connectivity index (χ2v) is 6.50. The first-order valence-corrected chi connectivity index (χ1v) is 9.33. The molecule has 0 aromatic carbocycles. The molecule has 0 spiro atoms. The Morgan fingerprint density at radius 1 is 1.07 bits per heavy atom. The van der Waals surface area contributed by atoms with Gasteiger partial charge in [0.1, 0.15) is 24.7 Å². The molecule has 13 nitrogen and oxygen atoms in total. The van der Waals surface area contributed by atoms with Crippen LogP contribution in [0.3, 0.4) is 0 Å². The summed E-state index contributed by atoms with van der Waals surface area (Å²) in [5.41, 5.74) is 15.9. The molecule has 166 valence electrons. The first kappa shape index (κ1) is 26.4. The number of nitrogens with two attached hydrogens (primary N) is 3. The van der Waals surface area contributed by atoms with Crippen molar-refractivity contribution in [3.05, 3.63) is 0 Å². The van der Waals surface area contributed by atoms with Crippen molar-refractivity contribution in [2.24, 2.45) is 22.2 Å². The highest BCUT2D eigenvalue weighted by atomic mass is 32.1. The quantitative estimate of drug-likeness (QED) is 0.0590. The van der Waals surface area contributed by atoms with Crippen molar-refractivity contribution >= 4 is 42.3 Å². The molecule has 29 heavy (non-hydrogen) atoms. The Bertz CT molecular complexity index is 612. The van der Waals surface area contributed by atoms with Crippen molar-refractivity contribution in [3.63, 3.8) is 0 Å². The number of hydrogen-bond donors (Lipinski definition) is 9. The first-order valence-electron chi connectivity index (χ1n) is 8.69. The van der Waals surface area contributed by atoms with Gasteiger partial charge < -0.3 is 43.4 Å². The van der Waals surface area contributed by atoms with Crippen LogP contribution < -0.4 is 33.2 Å². The van der Waals surface area contributed by atoms with Gasteiger partial charge in [-0.15, -0.1) is 0 Å². The zero-order chi connectivity index (χ0) is 22.6. The molecule has 0 bridgehead atoms. The standard InChI is InChI=1S/C15H29N7O6S/c1-7(23)11(16)14(28)22-9(6-29)13(27)21-8(3-2-4-19-15(17)18)12(26)20-5-10(24)25/h7-9,11,23,29H,2-6,16H2,1H3,(H,20,26)(H,21,27)(H,22,28)(H,24,25)(H4,17,18,19). The van der Waals surface area contributed by atoms with Crippen molar-refractivity contribution in [2.45, 2.75) is 44.0 Å². The number of rotatable bonds is 13. The summed E-state index contributed by atoms with van der Waals surface area (Å²) in [6.45, 7) is 0.880. The van der Waals surface area contributed by atoms with Gasteiger partial charge in [0.15, 0.2) is 5.96 Å². The molecular weight excluding hydrogens is 406 g/mol. The Labute approximate surface area is 173 Å².